The minimum absolute atomic E-state index is 0.120. The number of likely N-dealkylation sites (tertiary alicyclic amines) is 1. The molecule has 2 unspecified atom stereocenters. The van der Waals surface area contributed by atoms with Gasteiger partial charge in [0, 0.05) is 12.6 Å². The molecule has 0 bridgehead atoms. The molecule has 110 valence electrons. The molecule has 2 aliphatic rings. The molecule has 4 nitrogen and oxygen atoms in total. The quantitative estimate of drug-likeness (QED) is 0.837. The van der Waals surface area contributed by atoms with Crippen LogP contribution in [0, 0.1) is 5.41 Å². The average molecular weight is 269 g/mol. The molecule has 2 atom stereocenters. The van der Waals surface area contributed by atoms with Gasteiger partial charge in [-0.1, -0.05) is 0 Å². The largest absolute Gasteiger partial charge is 0.481 e. The standard InChI is InChI=1S/C15H27NO3/c1-13(2)9-11(14(3,4)19-13)16-8-6-7-15(5,10-16)12(17)18/h11H,6-10H2,1-5H3,(H,17,18). The Morgan fingerprint density at radius 2 is 1.89 bits per heavy atom. The molecule has 0 spiro atoms. The highest BCUT2D eigenvalue weighted by Gasteiger charge is 2.51. The van der Waals surface area contributed by atoms with Gasteiger partial charge in [-0.25, -0.2) is 0 Å². The van der Waals surface area contributed by atoms with E-state index < -0.39 is 11.4 Å². The lowest BCUT2D eigenvalue weighted by Gasteiger charge is -2.44. The molecule has 0 aromatic heterocycles. The van der Waals surface area contributed by atoms with Gasteiger partial charge >= 0.3 is 5.97 Å². The van der Waals surface area contributed by atoms with Crippen LogP contribution >= 0.6 is 0 Å². The van der Waals surface area contributed by atoms with Crippen LogP contribution in [0.1, 0.15) is 53.9 Å². The summed E-state index contributed by atoms with van der Waals surface area (Å²) in [6.07, 6.45) is 2.70. The number of aliphatic carboxylic acids is 1. The summed E-state index contributed by atoms with van der Waals surface area (Å²) in [4.78, 5) is 13.8. The smallest absolute Gasteiger partial charge is 0.310 e. The zero-order valence-corrected chi connectivity index (χ0v) is 12.8. The number of carboxylic acids is 1. The lowest BCUT2D eigenvalue weighted by atomic mass is 9.80. The first-order valence-corrected chi connectivity index (χ1v) is 7.23. The van der Waals surface area contributed by atoms with Crippen LogP contribution in [0.3, 0.4) is 0 Å². The van der Waals surface area contributed by atoms with E-state index in [1.807, 2.05) is 6.92 Å². The number of ether oxygens (including phenoxy) is 1. The molecule has 0 aromatic rings. The van der Waals surface area contributed by atoms with E-state index >= 15 is 0 Å². The van der Waals surface area contributed by atoms with Crippen molar-refractivity contribution in [1.82, 2.24) is 4.90 Å². The summed E-state index contributed by atoms with van der Waals surface area (Å²) < 4.78 is 6.14. The molecule has 0 aromatic carbocycles. The molecule has 2 aliphatic heterocycles. The Kier molecular flexibility index (Phi) is 3.47. The Morgan fingerprint density at radius 3 is 2.37 bits per heavy atom. The lowest BCUT2D eigenvalue weighted by molar-refractivity contribution is -0.153. The monoisotopic (exact) mass is 269 g/mol. The summed E-state index contributed by atoms with van der Waals surface area (Å²) in [5, 5.41) is 9.43. The predicted octanol–water partition coefficient (Wildman–Crippen LogP) is 2.52. The topological polar surface area (TPSA) is 49.8 Å². The lowest BCUT2D eigenvalue weighted by Crippen LogP contribution is -2.54. The predicted molar refractivity (Wildman–Crippen MR) is 74.2 cm³/mol. The normalized spacial score (nSPS) is 38.3. The number of piperidine rings is 1. The number of carboxylic acid groups (broad SMARTS) is 1. The molecule has 2 saturated heterocycles. The Hall–Kier alpha value is -0.610. The second kappa shape index (κ2) is 4.45. The zero-order valence-electron chi connectivity index (χ0n) is 12.8. The number of rotatable bonds is 2. The SMILES string of the molecule is CC1(C)CC(N2CCCC(C)(C(=O)O)C2)C(C)(C)O1. The van der Waals surface area contributed by atoms with Gasteiger partial charge in [0.15, 0.2) is 0 Å². The molecule has 0 radical (unpaired) electrons. The maximum atomic E-state index is 11.5. The van der Waals surface area contributed by atoms with Crippen LogP contribution in [0.25, 0.3) is 0 Å². The van der Waals surface area contributed by atoms with Gasteiger partial charge in [0.1, 0.15) is 0 Å². The molecular weight excluding hydrogens is 242 g/mol. The van der Waals surface area contributed by atoms with Crippen molar-refractivity contribution in [2.45, 2.75) is 71.1 Å². The minimum Gasteiger partial charge on any atom is -0.481 e. The molecule has 0 aliphatic carbocycles. The fraction of sp³-hybridized carbons (Fsp3) is 0.933. The molecular formula is C15H27NO3. The van der Waals surface area contributed by atoms with Crippen LogP contribution in [0.5, 0.6) is 0 Å². The number of hydrogen-bond acceptors (Lipinski definition) is 3. The van der Waals surface area contributed by atoms with E-state index in [2.05, 4.69) is 32.6 Å². The zero-order chi connectivity index (χ0) is 14.5. The fourth-order valence-electron chi connectivity index (χ4n) is 3.82. The second-order valence-corrected chi connectivity index (χ2v) is 7.62. The molecule has 2 fully saturated rings. The molecule has 0 saturated carbocycles. The van der Waals surface area contributed by atoms with E-state index in [-0.39, 0.29) is 11.2 Å². The summed E-state index contributed by atoms with van der Waals surface area (Å²) in [5.74, 6) is -0.673. The van der Waals surface area contributed by atoms with Gasteiger partial charge in [-0.05, 0) is 60.4 Å². The third-order valence-electron chi connectivity index (χ3n) is 4.71. The van der Waals surface area contributed by atoms with Gasteiger partial charge in [0.05, 0.1) is 16.6 Å². The third kappa shape index (κ3) is 2.79. The minimum atomic E-state index is -0.673. The summed E-state index contributed by atoms with van der Waals surface area (Å²) in [6, 6.07) is 0.307. The number of nitrogens with zero attached hydrogens (tertiary/aromatic N) is 1. The van der Waals surface area contributed by atoms with Gasteiger partial charge < -0.3 is 9.84 Å². The van der Waals surface area contributed by atoms with Gasteiger partial charge in [-0.2, -0.15) is 0 Å². The van der Waals surface area contributed by atoms with E-state index in [1.54, 1.807) is 0 Å². The van der Waals surface area contributed by atoms with Crippen LogP contribution in [0.4, 0.5) is 0 Å². The maximum Gasteiger partial charge on any atom is 0.310 e. The molecule has 2 rings (SSSR count). The highest BCUT2D eigenvalue weighted by atomic mass is 16.5. The van der Waals surface area contributed by atoms with Crippen molar-refractivity contribution in [1.29, 1.82) is 0 Å². The van der Waals surface area contributed by atoms with Crippen molar-refractivity contribution >= 4 is 5.97 Å². The van der Waals surface area contributed by atoms with Crippen LogP contribution < -0.4 is 0 Å². The Balaban J connectivity index is 2.16. The summed E-state index contributed by atoms with van der Waals surface area (Å²) in [5.41, 5.74) is -0.938. The van der Waals surface area contributed by atoms with Crippen molar-refractivity contribution in [3.8, 4) is 0 Å². The number of carbonyl (C=O) groups is 1. The third-order valence-corrected chi connectivity index (χ3v) is 4.71. The highest BCUT2D eigenvalue weighted by molar-refractivity contribution is 5.74. The Morgan fingerprint density at radius 1 is 1.26 bits per heavy atom. The molecule has 1 N–H and O–H groups in total. The van der Waals surface area contributed by atoms with Crippen LogP contribution in [0.15, 0.2) is 0 Å². The van der Waals surface area contributed by atoms with E-state index in [0.717, 1.165) is 25.8 Å². The Bertz CT molecular complexity index is 378. The average Bonchev–Trinajstić information content (AvgIpc) is 2.46. The van der Waals surface area contributed by atoms with E-state index in [4.69, 9.17) is 4.74 Å². The van der Waals surface area contributed by atoms with Crippen molar-refractivity contribution in [2.75, 3.05) is 13.1 Å². The molecule has 0 amide bonds. The van der Waals surface area contributed by atoms with Crippen LogP contribution in [-0.4, -0.2) is 46.3 Å². The van der Waals surface area contributed by atoms with E-state index in [0.29, 0.717) is 12.6 Å². The summed E-state index contributed by atoms with van der Waals surface area (Å²) >= 11 is 0. The van der Waals surface area contributed by atoms with Gasteiger partial charge in [0.2, 0.25) is 0 Å². The van der Waals surface area contributed by atoms with Gasteiger partial charge in [0.25, 0.3) is 0 Å². The fourth-order valence-corrected chi connectivity index (χ4v) is 3.82. The van der Waals surface area contributed by atoms with Crippen molar-refractivity contribution in [3.63, 3.8) is 0 Å². The second-order valence-electron chi connectivity index (χ2n) is 7.62. The summed E-state index contributed by atoms with van der Waals surface area (Å²) in [6.45, 7) is 12.0. The van der Waals surface area contributed by atoms with Crippen LogP contribution in [-0.2, 0) is 9.53 Å². The van der Waals surface area contributed by atoms with E-state index in [9.17, 15) is 9.90 Å². The first-order valence-electron chi connectivity index (χ1n) is 7.23. The molecule has 4 heteroatoms. The van der Waals surface area contributed by atoms with Crippen molar-refractivity contribution in [3.05, 3.63) is 0 Å². The Labute approximate surface area is 116 Å². The van der Waals surface area contributed by atoms with E-state index in [1.165, 1.54) is 0 Å². The van der Waals surface area contributed by atoms with Gasteiger partial charge in [-0.3, -0.25) is 9.69 Å². The number of hydrogen-bond donors (Lipinski definition) is 1. The van der Waals surface area contributed by atoms with Crippen molar-refractivity contribution < 1.29 is 14.6 Å². The molecule has 2 heterocycles. The maximum absolute atomic E-state index is 11.5. The first-order chi connectivity index (χ1) is 8.56. The first kappa shape index (κ1) is 14.8. The van der Waals surface area contributed by atoms with Gasteiger partial charge in [-0.15, -0.1) is 0 Å². The molecule has 19 heavy (non-hydrogen) atoms. The summed E-state index contributed by atoms with van der Waals surface area (Å²) in [7, 11) is 0. The highest BCUT2D eigenvalue weighted by Crippen LogP contribution is 2.42. The van der Waals surface area contributed by atoms with Crippen LogP contribution in [0.2, 0.25) is 0 Å². The van der Waals surface area contributed by atoms with Crippen molar-refractivity contribution in [2.24, 2.45) is 5.41 Å².